The van der Waals surface area contributed by atoms with E-state index >= 15 is 0 Å². The zero-order chi connectivity index (χ0) is 18.4. The highest BCUT2D eigenvalue weighted by atomic mass is 31.2. The zero-order valence-corrected chi connectivity index (χ0v) is 15.0. The third kappa shape index (κ3) is 3.14. The number of nitrogens with one attached hydrogen (secondary N) is 1. The second-order valence-electron chi connectivity index (χ2n) is 6.17. The Labute approximate surface area is 143 Å². The Bertz CT molecular complexity index is 820. The fraction of sp³-hybridized carbons (Fsp3) is 0.714. The number of nitrogens with zero attached hydrogens (tertiary/aromatic N) is 1. The van der Waals surface area contributed by atoms with Gasteiger partial charge in [-0.2, -0.15) is 0 Å². The van der Waals surface area contributed by atoms with Crippen LogP contribution in [0.1, 0.15) is 31.6 Å². The second kappa shape index (κ2) is 6.46. The predicted octanol–water partition coefficient (Wildman–Crippen LogP) is 0.444. The Balaban J connectivity index is 2.04. The van der Waals surface area contributed by atoms with Gasteiger partial charge in [-0.1, -0.05) is 6.92 Å². The first-order valence-electron chi connectivity index (χ1n) is 7.91. The van der Waals surface area contributed by atoms with Gasteiger partial charge in [-0.3, -0.25) is 23.4 Å². The smallest absolute Gasteiger partial charge is 0.371 e. The minimum absolute atomic E-state index is 0.331. The summed E-state index contributed by atoms with van der Waals surface area (Å²) in [4.78, 5) is 35.7. The Morgan fingerprint density at radius 1 is 1.52 bits per heavy atom. The van der Waals surface area contributed by atoms with Crippen LogP contribution in [0.15, 0.2) is 15.8 Å². The van der Waals surface area contributed by atoms with Gasteiger partial charge < -0.3 is 14.4 Å². The number of H-pyrrole nitrogens is 1. The maximum Gasteiger partial charge on any atom is 0.472 e. The fourth-order valence-electron chi connectivity index (χ4n) is 3.36. The summed E-state index contributed by atoms with van der Waals surface area (Å²) < 4.78 is 34.8. The van der Waals surface area contributed by atoms with Crippen molar-refractivity contribution in [3.05, 3.63) is 32.6 Å². The predicted molar refractivity (Wildman–Crippen MR) is 85.3 cm³/mol. The molecule has 5 atom stereocenters. The molecule has 2 aliphatic heterocycles. The van der Waals surface area contributed by atoms with Crippen LogP contribution in [0.25, 0.3) is 0 Å². The van der Waals surface area contributed by atoms with E-state index in [0.29, 0.717) is 25.0 Å². The molecule has 2 saturated heterocycles. The molecule has 0 aromatic carbocycles. The van der Waals surface area contributed by atoms with E-state index in [-0.39, 0.29) is 0 Å². The number of rotatable bonds is 5. The number of phosphoric ester groups is 1. The molecule has 1 aromatic rings. The topological polar surface area (TPSA) is 129 Å². The number of aromatic nitrogens is 2. The van der Waals surface area contributed by atoms with E-state index in [4.69, 9.17) is 14.0 Å². The molecule has 3 unspecified atom stereocenters. The van der Waals surface area contributed by atoms with Crippen LogP contribution < -0.4 is 11.2 Å². The first-order chi connectivity index (χ1) is 11.7. The summed E-state index contributed by atoms with van der Waals surface area (Å²) in [6.07, 6.45) is -0.298. The lowest BCUT2D eigenvalue weighted by Crippen LogP contribution is -2.49. The number of fused-ring (bicyclic) bond motifs is 2. The molecule has 3 heterocycles. The van der Waals surface area contributed by atoms with E-state index in [1.54, 1.807) is 6.92 Å². The van der Waals surface area contributed by atoms with Crippen molar-refractivity contribution in [2.45, 2.75) is 50.7 Å². The van der Waals surface area contributed by atoms with Crippen LogP contribution in [0.3, 0.4) is 0 Å². The molecule has 10 nitrogen and oxygen atoms in total. The largest absolute Gasteiger partial charge is 0.472 e. The van der Waals surface area contributed by atoms with Crippen molar-refractivity contribution in [3.63, 3.8) is 0 Å². The molecule has 0 amide bonds. The molecule has 3 rings (SSSR count). The summed E-state index contributed by atoms with van der Waals surface area (Å²) in [5, 5.41) is 0. The highest BCUT2D eigenvalue weighted by Crippen LogP contribution is 2.54. The minimum Gasteiger partial charge on any atom is -0.371 e. The minimum atomic E-state index is -4.28. The number of hydrogen-bond donors (Lipinski definition) is 2. The summed E-state index contributed by atoms with van der Waals surface area (Å²) in [5.74, 6) is 0. The van der Waals surface area contributed by atoms with Crippen LogP contribution >= 0.6 is 7.82 Å². The molecule has 2 fully saturated rings. The first-order valence-corrected chi connectivity index (χ1v) is 9.41. The molecule has 0 spiro atoms. The number of aromatic amines is 1. The van der Waals surface area contributed by atoms with E-state index in [1.165, 1.54) is 10.8 Å². The molecule has 0 radical (unpaired) electrons. The zero-order valence-electron chi connectivity index (χ0n) is 14.1. The summed E-state index contributed by atoms with van der Waals surface area (Å²) in [7, 11) is -3.22. The number of ether oxygens (including phenoxy) is 2. The highest BCUT2D eigenvalue weighted by molar-refractivity contribution is 7.47. The van der Waals surface area contributed by atoms with Gasteiger partial charge in [-0.15, -0.1) is 0 Å². The van der Waals surface area contributed by atoms with Crippen LogP contribution in [0.2, 0.25) is 0 Å². The number of phosphoric acid groups is 1. The summed E-state index contributed by atoms with van der Waals surface area (Å²) in [6.45, 7) is 3.78. The van der Waals surface area contributed by atoms with E-state index in [9.17, 15) is 19.0 Å². The Hall–Kier alpha value is -1.29. The lowest BCUT2D eigenvalue weighted by Gasteiger charge is -2.37. The monoisotopic (exact) mass is 376 g/mol. The summed E-state index contributed by atoms with van der Waals surface area (Å²) in [5.41, 5.74) is -1.70. The van der Waals surface area contributed by atoms with Gasteiger partial charge in [0.2, 0.25) is 0 Å². The van der Waals surface area contributed by atoms with Gasteiger partial charge in [0.05, 0.1) is 6.61 Å². The maximum atomic E-state index is 12.2. The molecule has 140 valence electrons. The van der Waals surface area contributed by atoms with Crippen LogP contribution in [-0.2, 0) is 23.1 Å². The van der Waals surface area contributed by atoms with Gasteiger partial charge in [-0.05, 0) is 13.3 Å². The Morgan fingerprint density at radius 2 is 2.24 bits per heavy atom. The van der Waals surface area contributed by atoms with Crippen molar-refractivity contribution in [3.8, 4) is 0 Å². The second-order valence-corrected chi connectivity index (χ2v) is 7.68. The average molecular weight is 376 g/mol. The van der Waals surface area contributed by atoms with E-state index in [2.05, 4.69) is 9.51 Å². The van der Waals surface area contributed by atoms with Gasteiger partial charge in [0.25, 0.3) is 5.56 Å². The van der Waals surface area contributed by atoms with Crippen molar-refractivity contribution < 1.29 is 28.0 Å². The van der Waals surface area contributed by atoms with Crippen LogP contribution in [0.5, 0.6) is 0 Å². The maximum absolute atomic E-state index is 12.2. The van der Waals surface area contributed by atoms with Crippen molar-refractivity contribution in [1.29, 1.82) is 0 Å². The van der Waals surface area contributed by atoms with E-state index in [0.717, 1.165) is 7.11 Å². The number of aryl methyl sites for hydroxylation is 1. The molecule has 1 aromatic heterocycles. The van der Waals surface area contributed by atoms with Crippen molar-refractivity contribution in [2.24, 2.45) is 0 Å². The quantitative estimate of drug-likeness (QED) is 0.709. The van der Waals surface area contributed by atoms with E-state index < -0.39 is 43.1 Å². The van der Waals surface area contributed by atoms with Crippen molar-refractivity contribution in [1.82, 2.24) is 9.55 Å². The lowest BCUT2D eigenvalue weighted by molar-refractivity contribution is -0.120. The van der Waals surface area contributed by atoms with Gasteiger partial charge >= 0.3 is 13.5 Å². The van der Waals surface area contributed by atoms with Gasteiger partial charge in [0, 0.05) is 25.3 Å². The Kier molecular flexibility index (Phi) is 4.78. The van der Waals surface area contributed by atoms with Crippen LogP contribution in [0.4, 0.5) is 0 Å². The van der Waals surface area contributed by atoms with E-state index in [1.807, 2.05) is 6.92 Å². The van der Waals surface area contributed by atoms with Crippen molar-refractivity contribution in [2.75, 3.05) is 13.7 Å². The van der Waals surface area contributed by atoms with Gasteiger partial charge in [-0.25, -0.2) is 9.36 Å². The molecule has 0 aliphatic carbocycles. The molecule has 25 heavy (non-hydrogen) atoms. The van der Waals surface area contributed by atoms with Crippen LogP contribution in [-0.4, -0.2) is 46.0 Å². The standard InChI is InChI=1S/C14H21N2O8P/c1-4-14-5-6-22-9(10(14)24-25(19,20)21-3)12(23-14)16-7-8(2)11(17)15-13(16)18/h7,9-10,12H,4-6H2,1-3H3,(H,19,20)(H,15,17,18)/t9-,10+,12?,14?/m0/s1. The molecule has 2 bridgehead atoms. The van der Waals surface area contributed by atoms with Crippen molar-refractivity contribution >= 4 is 7.82 Å². The average Bonchev–Trinajstić information content (AvgIpc) is 2.73. The SMILES string of the molecule is CCC12CCO[C@H](C(n3cc(C)c(=O)[nH]c3=O)O1)[C@H]2OP(=O)(O)OC. The molecular formula is C14H21N2O8P. The Morgan fingerprint density at radius 3 is 2.88 bits per heavy atom. The molecule has 0 saturated carbocycles. The summed E-state index contributed by atoms with van der Waals surface area (Å²) in [6, 6.07) is 0. The highest BCUT2D eigenvalue weighted by Gasteiger charge is 2.60. The normalized spacial score (nSPS) is 34.0. The first kappa shape index (κ1) is 18.5. The molecule has 2 aliphatic rings. The number of hydrogen-bond acceptors (Lipinski definition) is 7. The summed E-state index contributed by atoms with van der Waals surface area (Å²) >= 11 is 0. The van der Waals surface area contributed by atoms with Gasteiger partial charge in [0.15, 0.2) is 6.23 Å². The third-order valence-electron chi connectivity index (χ3n) is 4.78. The molecule has 2 N–H and O–H groups in total. The molecule has 11 heteroatoms. The lowest BCUT2D eigenvalue weighted by atomic mass is 9.87. The molecular weight excluding hydrogens is 355 g/mol. The van der Waals surface area contributed by atoms with Crippen LogP contribution in [0, 0.1) is 6.92 Å². The third-order valence-corrected chi connectivity index (χ3v) is 5.74. The fourth-order valence-corrected chi connectivity index (χ4v) is 4.04. The van der Waals surface area contributed by atoms with Gasteiger partial charge in [0.1, 0.15) is 17.8 Å².